The Morgan fingerprint density at radius 3 is 1.68 bits per heavy atom. The van der Waals surface area contributed by atoms with Crippen molar-refractivity contribution in [2.24, 2.45) is 0 Å². The van der Waals surface area contributed by atoms with E-state index in [-0.39, 0.29) is 18.8 Å². The van der Waals surface area contributed by atoms with Crippen molar-refractivity contribution >= 4 is 0 Å². The summed E-state index contributed by atoms with van der Waals surface area (Å²) in [6.07, 6.45) is 15.6. The molecule has 1 rings (SSSR count). The van der Waals surface area contributed by atoms with Gasteiger partial charge in [0, 0.05) is 6.61 Å². The molecule has 0 unspecified atom stereocenters. The molecule has 22 heavy (non-hydrogen) atoms. The second-order valence-electron chi connectivity index (χ2n) is 7.20. The molecule has 0 spiro atoms. The molecule has 1 saturated heterocycles. The molecule has 3 nitrogen and oxygen atoms in total. The standard InChI is InChI=1S/C19H38O3/c1-4-5-6-7-8-9-10-11-12-13-14-17-18(15-16-20)22-19(2,3)21-17/h17-18,20H,4-16H2,1-3H3/t17-,18+/m0/s1. The number of unbranched alkanes of at least 4 members (excludes halogenated alkanes) is 9. The van der Waals surface area contributed by atoms with Gasteiger partial charge >= 0.3 is 0 Å². The third-order valence-electron chi connectivity index (χ3n) is 4.54. The van der Waals surface area contributed by atoms with Crippen LogP contribution in [0.2, 0.25) is 0 Å². The first-order valence-corrected chi connectivity index (χ1v) is 9.55. The first-order chi connectivity index (χ1) is 10.6. The van der Waals surface area contributed by atoms with Crippen LogP contribution in [-0.4, -0.2) is 29.7 Å². The van der Waals surface area contributed by atoms with Crippen molar-refractivity contribution in [1.82, 2.24) is 0 Å². The summed E-state index contributed by atoms with van der Waals surface area (Å²) in [6.45, 7) is 6.38. The molecule has 1 aliphatic heterocycles. The van der Waals surface area contributed by atoms with Gasteiger partial charge in [0.2, 0.25) is 0 Å². The average molecular weight is 315 g/mol. The van der Waals surface area contributed by atoms with Gasteiger partial charge in [-0.2, -0.15) is 0 Å². The number of hydrogen-bond acceptors (Lipinski definition) is 3. The summed E-state index contributed by atoms with van der Waals surface area (Å²) in [4.78, 5) is 0. The van der Waals surface area contributed by atoms with Crippen LogP contribution in [0.4, 0.5) is 0 Å². The monoisotopic (exact) mass is 314 g/mol. The second-order valence-corrected chi connectivity index (χ2v) is 7.20. The number of hydrogen-bond donors (Lipinski definition) is 1. The summed E-state index contributed by atoms with van der Waals surface area (Å²) in [5.41, 5.74) is 0. The molecule has 0 aromatic rings. The lowest BCUT2D eigenvalue weighted by Gasteiger charge is -2.16. The number of aliphatic hydroxyl groups excluding tert-OH is 1. The predicted octanol–water partition coefficient (Wildman–Crippen LogP) is 5.20. The van der Waals surface area contributed by atoms with E-state index in [1.807, 2.05) is 13.8 Å². The van der Waals surface area contributed by atoms with Gasteiger partial charge in [-0.25, -0.2) is 0 Å². The third kappa shape index (κ3) is 8.50. The topological polar surface area (TPSA) is 38.7 Å². The SMILES string of the molecule is CCCCCCCCCCCC[C@@H]1OC(C)(C)O[C@@H]1CCO. The summed E-state index contributed by atoms with van der Waals surface area (Å²) in [6, 6.07) is 0. The fourth-order valence-electron chi connectivity index (χ4n) is 3.36. The van der Waals surface area contributed by atoms with E-state index in [1.165, 1.54) is 64.2 Å². The van der Waals surface area contributed by atoms with Crippen LogP contribution in [0.15, 0.2) is 0 Å². The molecule has 1 heterocycles. The Morgan fingerprint density at radius 1 is 0.727 bits per heavy atom. The molecule has 0 aromatic heterocycles. The number of ether oxygens (including phenoxy) is 2. The summed E-state index contributed by atoms with van der Waals surface area (Å²) in [5.74, 6) is -0.483. The zero-order valence-corrected chi connectivity index (χ0v) is 15.1. The summed E-state index contributed by atoms with van der Waals surface area (Å²) in [7, 11) is 0. The molecule has 0 radical (unpaired) electrons. The van der Waals surface area contributed by atoms with Crippen LogP contribution in [0.25, 0.3) is 0 Å². The van der Waals surface area contributed by atoms with Crippen LogP contribution in [0.3, 0.4) is 0 Å². The molecular weight excluding hydrogens is 276 g/mol. The highest BCUT2D eigenvalue weighted by Crippen LogP contribution is 2.32. The van der Waals surface area contributed by atoms with E-state index < -0.39 is 5.79 Å². The normalized spacial score (nSPS) is 24.0. The smallest absolute Gasteiger partial charge is 0.163 e. The lowest BCUT2D eigenvalue weighted by Crippen LogP contribution is -2.23. The van der Waals surface area contributed by atoms with E-state index in [4.69, 9.17) is 14.6 Å². The van der Waals surface area contributed by atoms with Crippen molar-refractivity contribution in [3.63, 3.8) is 0 Å². The Bertz CT molecular complexity index is 265. The first kappa shape index (κ1) is 19.9. The minimum absolute atomic E-state index is 0.0681. The highest BCUT2D eigenvalue weighted by Gasteiger charge is 2.40. The van der Waals surface area contributed by atoms with E-state index in [1.54, 1.807) is 0 Å². The van der Waals surface area contributed by atoms with Crippen molar-refractivity contribution in [3.05, 3.63) is 0 Å². The molecule has 2 atom stereocenters. The Kier molecular flexibility index (Phi) is 10.3. The summed E-state index contributed by atoms with van der Waals surface area (Å²) >= 11 is 0. The Morgan fingerprint density at radius 2 is 1.18 bits per heavy atom. The predicted molar refractivity (Wildman–Crippen MR) is 92.0 cm³/mol. The molecule has 0 amide bonds. The second kappa shape index (κ2) is 11.4. The maximum Gasteiger partial charge on any atom is 0.163 e. The fraction of sp³-hybridized carbons (Fsp3) is 1.00. The van der Waals surface area contributed by atoms with Crippen LogP contribution >= 0.6 is 0 Å². The fourth-order valence-corrected chi connectivity index (χ4v) is 3.36. The summed E-state index contributed by atoms with van der Waals surface area (Å²) < 4.78 is 11.8. The highest BCUT2D eigenvalue weighted by atomic mass is 16.7. The van der Waals surface area contributed by atoms with Crippen molar-refractivity contribution in [2.75, 3.05) is 6.61 Å². The first-order valence-electron chi connectivity index (χ1n) is 9.55. The molecule has 132 valence electrons. The van der Waals surface area contributed by atoms with Crippen molar-refractivity contribution in [2.45, 2.75) is 116 Å². The molecular formula is C19H38O3. The van der Waals surface area contributed by atoms with Crippen molar-refractivity contribution in [1.29, 1.82) is 0 Å². The van der Waals surface area contributed by atoms with Gasteiger partial charge in [-0.15, -0.1) is 0 Å². The molecule has 1 aliphatic rings. The zero-order valence-electron chi connectivity index (χ0n) is 15.1. The Labute approximate surface area is 137 Å². The highest BCUT2D eigenvalue weighted by molar-refractivity contribution is 4.81. The maximum absolute atomic E-state index is 9.13. The quantitative estimate of drug-likeness (QED) is 0.475. The molecule has 0 aromatic carbocycles. The maximum atomic E-state index is 9.13. The average Bonchev–Trinajstić information content (AvgIpc) is 2.75. The van der Waals surface area contributed by atoms with Gasteiger partial charge in [0.1, 0.15) is 0 Å². The molecule has 3 heteroatoms. The Hall–Kier alpha value is -0.120. The zero-order chi connectivity index (χ0) is 16.3. The molecule has 1 N–H and O–H groups in total. The largest absolute Gasteiger partial charge is 0.396 e. The van der Waals surface area contributed by atoms with E-state index >= 15 is 0 Å². The minimum Gasteiger partial charge on any atom is -0.396 e. The lowest BCUT2D eigenvalue weighted by molar-refractivity contribution is -0.147. The number of aliphatic hydroxyl groups is 1. The third-order valence-corrected chi connectivity index (χ3v) is 4.54. The van der Waals surface area contributed by atoms with Gasteiger partial charge in [-0.3, -0.25) is 0 Å². The van der Waals surface area contributed by atoms with Crippen LogP contribution in [-0.2, 0) is 9.47 Å². The van der Waals surface area contributed by atoms with Gasteiger partial charge in [0.05, 0.1) is 12.2 Å². The number of rotatable bonds is 13. The molecule has 0 aliphatic carbocycles. The van der Waals surface area contributed by atoms with Gasteiger partial charge in [0.25, 0.3) is 0 Å². The molecule has 0 bridgehead atoms. The van der Waals surface area contributed by atoms with E-state index in [0.29, 0.717) is 6.42 Å². The molecule has 1 fully saturated rings. The van der Waals surface area contributed by atoms with E-state index in [2.05, 4.69) is 6.92 Å². The minimum atomic E-state index is -0.483. The van der Waals surface area contributed by atoms with Crippen LogP contribution in [0.1, 0.15) is 97.8 Å². The lowest BCUT2D eigenvalue weighted by atomic mass is 10.0. The van der Waals surface area contributed by atoms with Crippen molar-refractivity contribution < 1.29 is 14.6 Å². The van der Waals surface area contributed by atoms with Crippen LogP contribution in [0, 0.1) is 0 Å². The van der Waals surface area contributed by atoms with Gasteiger partial charge < -0.3 is 14.6 Å². The summed E-state index contributed by atoms with van der Waals surface area (Å²) in [5, 5.41) is 9.13. The van der Waals surface area contributed by atoms with Gasteiger partial charge in [-0.05, 0) is 26.7 Å². The van der Waals surface area contributed by atoms with E-state index in [9.17, 15) is 0 Å². The van der Waals surface area contributed by atoms with Crippen molar-refractivity contribution in [3.8, 4) is 0 Å². The van der Waals surface area contributed by atoms with Gasteiger partial charge in [0.15, 0.2) is 5.79 Å². The van der Waals surface area contributed by atoms with Crippen LogP contribution in [0.5, 0.6) is 0 Å². The van der Waals surface area contributed by atoms with E-state index in [0.717, 1.165) is 6.42 Å². The van der Waals surface area contributed by atoms with Gasteiger partial charge in [-0.1, -0.05) is 71.1 Å². The molecule has 0 saturated carbocycles. The van der Waals surface area contributed by atoms with Crippen LogP contribution < -0.4 is 0 Å². The Balaban J connectivity index is 1.99.